The van der Waals surface area contributed by atoms with Crippen LogP contribution in [0.1, 0.15) is 74.5 Å². The van der Waals surface area contributed by atoms with Crippen LogP contribution in [0.3, 0.4) is 0 Å². The van der Waals surface area contributed by atoms with E-state index in [4.69, 9.17) is 9.47 Å². The van der Waals surface area contributed by atoms with Gasteiger partial charge in [-0.3, -0.25) is 9.59 Å². The predicted molar refractivity (Wildman–Crippen MR) is 143 cm³/mol. The third kappa shape index (κ3) is 4.14. The molecule has 0 saturated heterocycles. The van der Waals surface area contributed by atoms with E-state index in [0.29, 0.717) is 28.3 Å². The zero-order valence-corrected chi connectivity index (χ0v) is 21.8. The number of H-pyrrole nitrogens is 1. The van der Waals surface area contributed by atoms with Gasteiger partial charge in [-0.25, -0.2) is 14.8 Å². The lowest BCUT2D eigenvalue weighted by atomic mass is 9.92. The van der Waals surface area contributed by atoms with E-state index in [9.17, 15) is 14.4 Å². The molecule has 1 atom stereocenters. The number of amides is 1. The van der Waals surface area contributed by atoms with Crippen molar-refractivity contribution in [1.82, 2.24) is 20.3 Å². The number of ether oxygens (including phenoxy) is 2. The van der Waals surface area contributed by atoms with Gasteiger partial charge in [-0.05, 0) is 67.3 Å². The van der Waals surface area contributed by atoms with Crippen LogP contribution in [0.15, 0.2) is 41.7 Å². The molecule has 4 aromatic rings. The van der Waals surface area contributed by atoms with Crippen molar-refractivity contribution in [1.29, 1.82) is 0 Å². The van der Waals surface area contributed by atoms with E-state index in [-0.39, 0.29) is 22.9 Å². The average molecular weight is 531 g/mol. The first-order chi connectivity index (χ1) is 18.5. The number of aromatic amines is 1. The highest BCUT2D eigenvalue weighted by Gasteiger charge is 2.33. The number of aryl methyl sites for hydroxylation is 1. The number of thiophene rings is 1. The molecule has 3 heterocycles. The SMILES string of the molecule is COC(=O)c1c[nH]c2c(OC)c(-c3cc4c(s3)CCCC4NC(=O)c3ccncn3)c(C3CC3)cc2c1=O. The highest BCUT2D eigenvalue weighted by Crippen LogP contribution is 2.52. The zero-order valence-electron chi connectivity index (χ0n) is 21.0. The number of benzene rings is 1. The summed E-state index contributed by atoms with van der Waals surface area (Å²) in [6, 6.07) is 5.54. The Kier molecular flexibility index (Phi) is 6.19. The molecule has 0 aliphatic heterocycles. The molecule has 2 N–H and O–H groups in total. The molecule has 2 aliphatic rings. The largest absolute Gasteiger partial charge is 0.494 e. The molecule has 0 bridgehead atoms. The van der Waals surface area contributed by atoms with Gasteiger partial charge in [0.1, 0.15) is 17.6 Å². The first-order valence-corrected chi connectivity index (χ1v) is 13.4. The Morgan fingerprint density at radius 1 is 1.16 bits per heavy atom. The molecule has 9 nitrogen and oxygen atoms in total. The summed E-state index contributed by atoms with van der Waals surface area (Å²) in [7, 11) is 2.85. The number of hydrogen-bond acceptors (Lipinski definition) is 8. The number of pyridine rings is 1. The van der Waals surface area contributed by atoms with Crippen molar-refractivity contribution < 1.29 is 19.1 Å². The van der Waals surface area contributed by atoms with Crippen LogP contribution < -0.4 is 15.5 Å². The van der Waals surface area contributed by atoms with Gasteiger partial charge < -0.3 is 19.8 Å². The summed E-state index contributed by atoms with van der Waals surface area (Å²) in [6.45, 7) is 0. The van der Waals surface area contributed by atoms with Gasteiger partial charge >= 0.3 is 5.97 Å². The van der Waals surface area contributed by atoms with Crippen LogP contribution in [0.2, 0.25) is 0 Å². The van der Waals surface area contributed by atoms with Gasteiger partial charge in [0.25, 0.3) is 5.91 Å². The maximum absolute atomic E-state index is 13.2. The Balaban J connectivity index is 1.46. The van der Waals surface area contributed by atoms with Gasteiger partial charge in [-0.15, -0.1) is 11.3 Å². The summed E-state index contributed by atoms with van der Waals surface area (Å²) in [6.07, 6.45) is 9.11. The Bertz CT molecular complexity index is 1620. The van der Waals surface area contributed by atoms with Gasteiger partial charge in [0.15, 0.2) is 5.75 Å². The Labute approximate surface area is 222 Å². The first-order valence-electron chi connectivity index (χ1n) is 12.5. The molecule has 1 amide bonds. The first kappa shape index (κ1) is 24.3. The number of esters is 1. The lowest BCUT2D eigenvalue weighted by Gasteiger charge is -2.23. The number of methoxy groups -OCH3 is 2. The van der Waals surface area contributed by atoms with Gasteiger partial charge in [0, 0.05) is 27.7 Å². The van der Waals surface area contributed by atoms with Crippen LogP contribution in [-0.2, 0) is 11.2 Å². The number of nitrogens with one attached hydrogen (secondary N) is 2. The monoisotopic (exact) mass is 530 g/mol. The van der Waals surface area contributed by atoms with E-state index in [0.717, 1.165) is 53.7 Å². The molecule has 1 fully saturated rings. The normalized spacial score (nSPS) is 16.6. The molecule has 1 saturated carbocycles. The zero-order chi connectivity index (χ0) is 26.4. The van der Waals surface area contributed by atoms with E-state index >= 15 is 0 Å². The fraction of sp³-hybridized carbons (Fsp3) is 0.321. The van der Waals surface area contributed by atoms with Crippen molar-refractivity contribution in [2.75, 3.05) is 14.2 Å². The molecule has 3 aromatic heterocycles. The highest BCUT2D eigenvalue weighted by molar-refractivity contribution is 7.15. The smallest absolute Gasteiger partial charge is 0.343 e. The molecule has 10 heteroatoms. The van der Waals surface area contributed by atoms with E-state index in [1.807, 2.05) is 6.07 Å². The van der Waals surface area contributed by atoms with Crippen molar-refractivity contribution in [2.24, 2.45) is 0 Å². The Morgan fingerprint density at radius 2 is 2.00 bits per heavy atom. The maximum Gasteiger partial charge on any atom is 0.343 e. The highest BCUT2D eigenvalue weighted by atomic mass is 32.1. The molecular weight excluding hydrogens is 504 g/mol. The summed E-state index contributed by atoms with van der Waals surface area (Å²) in [5.41, 5.74) is 3.58. The summed E-state index contributed by atoms with van der Waals surface area (Å²) < 4.78 is 10.7. The summed E-state index contributed by atoms with van der Waals surface area (Å²) in [4.78, 5) is 51.6. The number of fused-ring (bicyclic) bond motifs is 2. The fourth-order valence-corrected chi connectivity index (χ4v) is 6.61. The fourth-order valence-electron chi connectivity index (χ4n) is 5.28. The van der Waals surface area contributed by atoms with Gasteiger partial charge in [-0.2, -0.15) is 0 Å². The standard InChI is InChI=1S/C28H26N4O5S/c1-36-26-23(15(14-6-7-14)10-17-24(26)30-12-18(25(17)33)28(35)37-2)22-11-16-19(4-3-5-21(16)38-22)32-27(34)20-8-9-29-13-31-20/h8-14,19H,3-7H2,1-2H3,(H,30,33)(H,32,34). The van der Waals surface area contributed by atoms with Gasteiger partial charge in [-0.1, -0.05) is 0 Å². The molecule has 6 rings (SSSR count). The second-order valence-corrected chi connectivity index (χ2v) is 10.7. The van der Waals surface area contributed by atoms with Crippen LogP contribution in [0.4, 0.5) is 0 Å². The minimum atomic E-state index is -0.676. The topological polar surface area (TPSA) is 123 Å². The number of carbonyl (C=O) groups excluding carboxylic acids is 2. The van der Waals surface area contributed by atoms with E-state index in [1.54, 1.807) is 30.7 Å². The van der Waals surface area contributed by atoms with Gasteiger partial charge in [0.2, 0.25) is 5.43 Å². The summed E-state index contributed by atoms with van der Waals surface area (Å²) in [5.74, 6) is -0.000878. The third-order valence-corrected chi connectivity index (χ3v) is 8.50. The van der Waals surface area contributed by atoms with Crippen molar-refractivity contribution in [3.05, 3.63) is 74.4 Å². The van der Waals surface area contributed by atoms with Crippen LogP contribution in [0.25, 0.3) is 21.3 Å². The molecule has 1 aromatic carbocycles. The predicted octanol–water partition coefficient (Wildman–Crippen LogP) is 4.53. The summed E-state index contributed by atoms with van der Waals surface area (Å²) in [5, 5.41) is 3.56. The minimum Gasteiger partial charge on any atom is -0.494 e. The summed E-state index contributed by atoms with van der Waals surface area (Å²) >= 11 is 1.71. The van der Waals surface area contributed by atoms with Crippen LogP contribution in [0.5, 0.6) is 5.75 Å². The minimum absolute atomic E-state index is 0.0367. The number of nitrogens with zero attached hydrogens (tertiary/aromatic N) is 2. The number of rotatable bonds is 6. The lowest BCUT2D eigenvalue weighted by Crippen LogP contribution is -2.30. The van der Waals surface area contributed by atoms with E-state index in [2.05, 4.69) is 26.3 Å². The van der Waals surface area contributed by atoms with Crippen molar-refractivity contribution in [2.45, 2.75) is 44.1 Å². The van der Waals surface area contributed by atoms with Crippen LogP contribution >= 0.6 is 11.3 Å². The number of hydrogen-bond donors (Lipinski definition) is 2. The van der Waals surface area contributed by atoms with Crippen molar-refractivity contribution in [3.63, 3.8) is 0 Å². The average Bonchev–Trinajstić information content (AvgIpc) is 3.70. The molecule has 1 unspecified atom stereocenters. The molecule has 194 valence electrons. The van der Waals surface area contributed by atoms with E-state index in [1.165, 1.54) is 24.5 Å². The second kappa shape index (κ2) is 9.68. The second-order valence-electron chi connectivity index (χ2n) is 9.60. The van der Waals surface area contributed by atoms with Crippen LogP contribution in [0, 0.1) is 0 Å². The molecular formula is C28H26N4O5S. The maximum atomic E-state index is 13.2. The number of aromatic nitrogens is 3. The molecule has 38 heavy (non-hydrogen) atoms. The molecule has 0 spiro atoms. The van der Waals surface area contributed by atoms with Gasteiger partial charge in [0.05, 0.1) is 31.2 Å². The van der Waals surface area contributed by atoms with Crippen molar-refractivity contribution in [3.8, 4) is 16.2 Å². The van der Waals surface area contributed by atoms with Crippen molar-refractivity contribution >= 4 is 34.1 Å². The van der Waals surface area contributed by atoms with E-state index < -0.39 is 5.97 Å². The molecule has 2 aliphatic carbocycles. The Morgan fingerprint density at radius 3 is 2.71 bits per heavy atom. The quantitative estimate of drug-likeness (QED) is 0.351. The van der Waals surface area contributed by atoms with Crippen LogP contribution in [-0.4, -0.2) is 41.0 Å². The third-order valence-electron chi connectivity index (χ3n) is 7.27. The lowest BCUT2D eigenvalue weighted by molar-refractivity contribution is 0.0599. The Hall–Kier alpha value is -4.05. The molecule has 0 radical (unpaired) electrons. The number of carbonyl (C=O) groups is 2.